The van der Waals surface area contributed by atoms with Crippen molar-refractivity contribution in [3.63, 3.8) is 0 Å². The van der Waals surface area contributed by atoms with Gasteiger partial charge in [-0.3, -0.25) is 4.79 Å². The first-order valence-corrected chi connectivity index (χ1v) is 6.65. The molecule has 0 fully saturated rings. The maximum atomic E-state index is 11.5. The van der Waals surface area contributed by atoms with Crippen molar-refractivity contribution in [3.8, 4) is 59.2 Å². The predicted molar refractivity (Wildman–Crippen MR) is 90.4 cm³/mol. The first kappa shape index (κ1) is 17.5. The van der Waals surface area contributed by atoms with Crippen LogP contribution in [0.25, 0.3) is 0 Å². The van der Waals surface area contributed by atoms with Crippen LogP contribution in [0.5, 0.6) is 0 Å². The molecule has 0 bridgehead atoms. The molecule has 0 spiro atoms. The standard InChI is InChI=1S/C20H13NO2/c1-2-3-4-5-6-7-8-9-10-14-17-23-18-20(22)21-19-15-12-11-13-16-19/h11-13,15-16H,17-18H2,1H3,(H,21,22). The Morgan fingerprint density at radius 1 is 0.957 bits per heavy atom. The average Bonchev–Trinajstić information content (AvgIpc) is 2.57. The van der Waals surface area contributed by atoms with Gasteiger partial charge in [-0.2, -0.15) is 0 Å². The molecule has 0 radical (unpaired) electrons. The van der Waals surface area contributed by atoms with Gasteiger partial charge in [0.1, 0.15) is 13.2 Å². The number of para-hydroxylation sites is 1. The van der Waals surface area contributed by atoms with Gasteiger partial charge in [0, 0.05) is 5.69 Å². The van der Waals surface area contributed by atoms with Gasteiger partial charge in [-0.15, -0.1) is 0 Å². The molecule has 0 aliphatic heterocycles. The van der Waals surface area contributed by atoms with Crippen LogP contribution in [0.2, 0.25) is 0 Å². The van der Waals surface area contributed by atoms with E-state index in [1.54, 1.807) is 19.1 Å². The molecule has 0 heterocycles. The predicted octanol–water partition coefficient (Wildman–Crippen LogP) is 1.68. The molecular weight excluding hydrogens is 286 g/mol. The number of anilines is 1. The fourth-order valence-corrected chi connectivity index (χ4v) is 1.24. The monoisotopic (exact) mass is 299 g/mol. The van der Waals surface area contributed by atoms with Crippen molar-refractivity contribution in [2.24, 2.45) is 0 Å². The van der Waals surface area contributed by atoms with Gasteiger partial charge in [0.05, 0.1) is 0 Å². The number of amides is 1. The number of benzene rings is 1. The van der Waals surface area contributed by atoms with E-state index in [1.807, 2.05) is 18.2 Å². The molecule has 1 amide bonds. The van der Waals surface area contributed by atoms with Crippen LogP contribution in [0.3, 0.4) is 0 Å². The van der Waals surface area contributed by atoms with E-state index < -0.39 is 0 Å². The van der Waals surface area contributed by atoms with Crippen molar-refractivity contribution in [3.05, 3.63) is 30.3 Å². The summed E-state index contributed by atoms with van der Waals surface area (Å²) in [5, 5.41) is 2.70. The summed E-state index contributed by atoms with van der Waals surface area (Å²) in [6, 6.07) is 9.15. The van der Waals surface area contributed by atoms with Gasteiger partial charge in [-0.25, -0.2) is 0 Å². The van der Waals surface area contributed by atoms with Gasteiger partial charge < -0.3 is 10.1 Å². The minimum absolute atomic E-state index is 0.0646. The van der Waals surface area contributed by atoms with Gasteiger partial charge in [0.15, 0.2) is 0 Å². The van der Waals surface area contributed by atoms with Crippen LogP contribution < -0.4 is 5.32 Å². The van der Waals surface area contributed by atoms with Crippen molar-refractivity contribution >= 4 is 11.6 Å². The summed E-state index contributed by atoms with van der Waals surface area (Å²) in [5.74, 6) is 25.3. The average molecular weight is 299 g/mol. The molecule has 0 aromatic heterocycles. The zero-order valence-electron chi connectivity index (χ0n) is 12.6. The fraction of sp³-hybridized carbons (Fsp3) is 0.150. The van der Waals surface area contributed by atoms with E-state index in [-0.39, 0.29) is 19.1 Å². The Bertz CT molecular complexity index is 827. The molecule has 3 heteroatoms. The summed E-state index contributed by atoms with van der Waals surface area (Å²) in [7, 11) is 0. The van der Waals surface area contributed by atoms with Crippen LogP contribution in [-0.4, -0.2) is 19.1 Å². The van der Waals surface area contributed by atoms with Crippen LogP contribution in [0, 0.1) is 59.2 Å². The van der Waals surface area contributed by atoms with E-state index in [2.05, 4.69) is 64.5 Å². The molecule has 0 saturated heterocycles. The molecule has 23 heavy (non-hydrogen) atoms. The Morgan fingerprint density at radius 2 is 1.57 bits per heavy atom. The molecule has 0 saturated carbocycles. The second-order valence-electron chi connectivity index (χ2n) is 3.83. The fourth-order valence-electron chi connectivity index (χ4n) is 1.24. The molecule has 110 valence electrons. The lowest BCUT2D eigenvalue weighted by Crippen LogP contribution is -2.18. The quantitative estimate of drug-likeness (QED) is 0.678. The lowest BCUT2D eigenvalue weighted by Gasteiger charge is -2.03. The highest BCUT2D eigenvalue weighted by Crippen LogP contribution is 2.04. The van der Waals surface area contributed by atoms with Gasteiger partial charge in [-0.05, 0) is 66.4 Å². The summed E-state index contributed by atoms with van der Waals surface area (Å²) < 4.78 is 5.11. The van der Waals surface area contributed by atoms with E-state index in [9.17, 15) is 4.79 Å². The number of carbonyl (C=O) groups excluding carboxylic acids is 1. The number of hydrogen-bond acceptors (Lipinski definition) is 2. The lowest BCUT2D eigenvalue weighted by atomic mass is 10.3. The smallest absolute Gasteiger partial charge is 0.250 e. The first-order valence-electron chi connectivity index (χ1n) is 6.65. The van der Waals surface area contributed by atoms with E-state index in [1.165, 1.54) is 0 Å². The summed E-state index contributed by atoms with van der Waals surface area (Å²) >= 11 is 0. The second kappa shape index (κ2) is 12.2. The maximum Gasteiger partial charge on any atom is 0.250 e. The van der Waals surface area contributed by atoms with E-state index >= 15 is 0 Å². The number of nitrogens with one attached hydrogen (secondary N) is 1. The van der Waals surface area contributed by atoms with Gasteiger partial charge in [0.25, 0.3) is 0 Å². The van der Waals surface area contributed by atoms with Crippen LogP contribution >= 0.6 is 0 Å². The minimum atomic E-state index is -0.233. The first-order chi connectivity index (χ1) is 11.3. The van der Waals surface area contributed by atoms with E-state index in [4.69, 9.17) is 4.74 Å². The summed E-state index contributed by atoms with van der Waals surface area (Å²) in [4.78, 5) is 11.5. The zero-order valence-corrected chi connectivity index (χ0v) is 12.6. The maximum absolute atomic E-state index is 11.5. The van der Waals surface area contributed by atoms with Crippen LogP contribution in [0.1, 0.15) is 6.92 Å². The second-order valence-corrected chi connectivity index (χ2v) is 3.83. The third kappa shape index (κ3) is 9.91. The summed E-state index contributed by atoms with van der Waals surface area (Å²) in [5.41, 5.74) is 0.727. The van der Waals surface area contributed by atoms with Crippen molar-refractivity contribution < 1.29 is 9.53 Å². The molecule has 0 aliphatic carbocycles. The molecule has 1 N–H and O–H groups in total. The molecule has 3 nitrogen and oxygen atoms in total. The van der Waals surface area contributed by atoms with Gasteiger partial charge in [0.2, 0.25) is 5.91 Å². The Morgan fingerprint density at radius 3 is 2.22 bits per heavy atom. The normalized spacial score (nSPS) is 7.17. The Balaban J connectivity index is 2.22. The van der Waals surface area contributed by atoms with Crippen molar-refractivity contribution in [2.45, 2.75) is 6.92 Å². The molecule has 0 atom stereocenters. The van der Waals surface area contributed by atoms with Crippen LogP contribution in [0.15, 0.2) is 30.3 Å². The molecular formula is C20H13NO2. The summed E-state index contributed by atoms with van der Waals surface area (Å²) in [6.45, 7) is 1.76. The highest BCUT2D eigenvalue weighted by Gasteiger charge is 2.00. The van der Waals surface area contributed by atoms with Gasteiger partial charge in [-0.1, -0.05) is 30.0 Å². The highest BCUT2D eigenvalue weighted by molar-refractivity contribution is 5.91. The Labute approximate surface area is 136 Å². The lowest BCUT2D eigenvalue weighted by molar-refractivity contribution is -0.120. The number of rotatable bonds is 4. The number of hydrogen-bond donors (Lipinski definition) is 1. The highest BCUT2D eigenvalue weighted by atomic mass is 16.5. The van der Waals surface area contributed by atoms with Crippen molar-refractivity contribution in [1.82, 2.24) is 0 Å². The molecule has 1 aromatic carbocycles. The Hall–Kier alpha value is -3.55. The number of carbonyl (C=O) groups is 1. The third-order valence-corrected chi connectivity index (χ3v) is 2.12. The zero-order chi connectivity index (χ0) is 16.6. The number of ether oxygens (including phenoxy) is 1. The molecule has 0 unspecified atom stereocenters. The summed E-state index contributed by atoms with van der Waals surface area (Å²) in [6.07, 6.45) is 0. The van der Waals surface area contributed by atoms with Gasteiger partial charge >= 0.3 is 0 Å². The Kier molecular flexibility index (Phi) is 9.29. The van der Waals surface area contributed by atoms with Crippen LogP contribution in [0.4, 0.5) is 5.69 Å². The molecule has 1 aromatic rings. The largest absolute Gasteiger partial charge is 0.359 e. The SMILES string of the molecule is CC#CC#CC#CC#CC#CCOCC(=O)Nc1ccccc1. The topological polar surface area (TPSA) is 38.3 Å². The van der Waals surface area contributed by atoms with Crippen molar-refractivity contribution in [2.75, 3.05) is 18.5 Å². The molecule has 1 rings (SSSR count). The van der Waals surface area contributed by atoms with E-state index in [0.717, 1.165) is 5.69 Å². The minimum Gasteiger partial charge on any atom is -0.359 e. The van der Waals surface area contributed by atoms with Crippen molar-refractivity contribution in [1.29, 1.82) is 0 Å². The van der Waals surface area contributed by atoms with E-state index in [0.29, 0.717) is 0 Å². The third-order valence-electron chi connectivity index (χ3n) is 2.12. The van der Waals surface area contributed by atoms with Crippen LogP contribution in [-0.2, 0) is 9.53 Å². The molecule has 0 aliphatic rings.